The van der Waals surface area contributed by atoms with Gasteiger partial charge in [-0.2, -0.15) is 0 Å². The summed E-state index contributed by atoms with van der Waals surface area (Å²) in [4.78, 5) is 13.7. The van der Waals surface area contributed by atoms with E-state index in [0.717, 1.165) is 25.9 Å². The first-order valence-electron chi connectivity index (χ1n) is 5.92. The van der Waals surface area contributed by atoms with E-state index in [4.69, 9.17) is 0 Å². The molecule has 15 heavy (non-hydrogen) atoms. The number of amides is 2. The van der Waals surface area contributed by atoms with Gasteiger partial charge >= 0.3 is 6.03 Å². The van der Waals surface area contributed by atoms with Crippen LogP contribution in [0.15, 0.2) is 0 Å². The van der Waals surface area contributed by atoms with Crippen LogP contribution in [0.2, 0.25) is 0 Å². The molecule has 88 valence electrons. The molecule has 2 N–H and O–H groups in total. The van der Waals surface area contributed by atoms with E-state index in [0.29, 0.717) is 18.6 Å². The first-order valence-corrected chi connectivity index (χ1v) is 5.92. The third-order valence-corrected chi connectivity index (χ3v) is 2.93. The summed E-state index contributed by atoms with van der Waals surface area (Å²) >= 11 is 0. The van der Waals surface area contributed by atoms with Crippen molar-refractivity contribution in [2.45, 2.75) is 45.7 Å². The molecule has 1 fully saturated rings. The van der Waals surface area contributed by atoms with Gasteiger partial charge < -0.3 is 15.5 Å². The minimum Gasteiger partial charge on any atom is -0.338 e. The quantitative estimate of drug-likeness (QED) is 0.739. The van der Waals surface area contributed by atoms with Crippen LogP contribution in [0.25, 0.3) is 0 Å². The maximum atomic E-state index is 11.3. The molecule has 0 atom stereocenters. The highest BCUT2D eigenvalue weighted by atomic mass is 16.2. The van der Waals surface area contributed by atoms with Crippen molar-refractivity contribution in [1.29, 1.82) is 0 Å². The number of carbonyl (C=O) groups excluding carboxylic acids is 1. The number of hydrogen-bond donors (Lipinski definition) is 2. The van der Waals surface area contributed by atoms with Crippen molar-refractivity contribution in [3.05, 3.63) is 0 Å². The molecule has 4 heteroatoms. The lowest BCUT2D eigenvalue weighted by atomic mass is 10.0. The third-order valence-electron chi connectivity index (χ3n) is 2.93. The van der Waals surface area contributed by atoms with Gasteiger partial charge in [0.1, 0.15) is 0 Å². The van der Waals surface area contributed by atoms with Gasteiger partial charge in [0, 0.05) is 31.7 Å². The Morgan fingerprint density at radius 1 is 1.40 bits per heavy atom. The molecular formula is C11H23N3O. The van der Waals surface area contributed by atoms with Gasteiger partial charge in [0.2, 0.25) is 0 Å². The number of hydrogen-bond acceptors (Lipinski definition) is 2. The minimum absolute atomic E-state index is 0.0273. The maximum Gasteiger partial charge on any atom is 0.314 e. The Morgan fingerprint density at radius 2 is 2.00 bits per heavy atom. The van der Waals surface area contributed by atoms with Gasteiger partial charge in [0.25, 0.3) is 0 Å². The summed E-state index contributed by atoms with van der Waals surface area (Å²) in [7, 11) is 0. The highest BCUT2D eigenvalue weighted by molar-refractivity contribution is 5.74. The van der Waals surface area contributed by atoms with E-state index < -0.39 is 0 Å². The van der Waals surface area contributed by atoms with Gasteiger partial charge in [0.05, 0.1) is 0 Å². The highest BCUT2D eigenvalue weighted by Gasteiger charge is 2.21. The lowest BCUT2D eigenvalue weighted by molar-refractivity contribution is 0.161. The number of carbonyl (C=O) groups is 1. The molecule has 0 aromatic carbocycles. The fourth-order valence-electron chi connectivity index (χ4n) is 1.96. The smallest absolute Gasteiger partial charge is 0.314 e. The van der Waals surface area contributed by atoms with E-state index in [1.165, 1.54) is 0 Å². The minimum atomic E-state index is -0.0273. The van der Waals surface area contributed by atoms with Crippen LogP contribution in [0.3, 0.4) is 0 Å². The molecule has 0 aromatic heterocycles. The molecule has 0 unspecified atom stereocenters. The van der Waals surface area contributed by atoms with Crippen molar-refractivity contribution < 1.29 is 4.79 Å². The largest absolute Gasteiger partial charge is 0.338 e. The zero-order valence-corrected chi connectivity index (χ0v) is 10.0. The second-order valence-electron chi connectivity index (χ2n) is 4.41. The molecule has 0 saturated carbocycles. The van der Waals surface area contributed by atoms with Crippen LogP contribution in [0.5, 0.6) is 0 Å². The van der Waals surface area contributed by atoms with Crippen LogP contribution in [0, 0.1) is 0 Å². The van der Waals surface area contributed by atoms with Crippen LogP contribution < -0.4 is 10.6 Å². The van der Waals surface area contributed by atoms with Gasteiger partial charge in [-0.15, -0.1) is 0 Å². The van der Waals surface area contributed by atoms with Crippen molar-refractivity contribution in [3.8, 4) is 0 Å². The molecule has 1 aliphatic heterocycles. The van der Waals surface area contributed by atoms with Gasteiger partial charge in [-0.25, -0.2) is 4.79 Å². The molecular weight excluding hydrogens is 190 g/mol. The predicted molar refractivity (Wildman–Crippen MR) is 61.9 cm³/mol. The Morgan fingerprint density at radius 3 is 2.47 bits per heavy atom. The van der Waals surface area contributed by atoms with Gasteiger partial charge in [-0.1, -0.05) is 0 Å². The van der Waals surface area contributed by atoms with Crippen LogP contribution >= 0.6 is 0 Å². The van der Waals surface area contributed by atoms with Crippen LogP contribution in [-0.2, 0) is 0 Å². The first-order chi connectivity index (χ1) is 7.13. The molecule has 1 aliphatic rings. The zero-order chi connectivity index (χ0) is 11.3. The summed E-state index contributed by atoms with van der Waals surface area (Å²) in [6.45, 7) is 9.25. The van der Waals surface area contributed by atoms with E-state index >= 15 is 0 Å². The molecule has 0 aliphatic carbocycles. The molecule has 0 spiro atoms. The Hall–Kier alpha value is -0.770. The normalized spacial score (nSPS) is 19.2. The Balaban J connectivity index is 2.22. The SMILES string of the molecule is CCNC(=O)NC1CCN(C(C)C)CC1. The van der Waals surface area contributed by atoms with Crippen molar-refractivity contribution >= 4 is 6.03 Å². The molecule has 0 aromatic rings. The summed E-state index contributed by atoms with van der Waals surface area (Å²) in [6.07, 6.45) is 2.13. The van der Waals surface area contributed by atoms with Crippen molar-refractivity contribution in [1.82, 2.24) is 15.5 Å². The van der Waals surface area contributed by atoms with Crippen LogP contribution in [0.4, 0.5) is 4.79 Å². The van der Waals surface area contributed by atoms with Gasteiger partial charge in [-0.05, 0) is 33.6 Å². The second kappa shape index (κ2) is 5.95. The zero-order valence-electron chi connectivity index (χ0n) is 10.0. The number of piperidine rings is 1. The number of nitrogens with zero attached hydrogens (tertiary/aromatic N) is 1. The molecule has 1 saturated heterocycles. The first kappa shape index (κ1) is 12.3. The molecule has 0 bridgehead atoms. The number of urea groups is 1. The fraction of sp³-hybridized carbons (Fsp3) is 0.909. The monoisotopic (exact) mass is 213 g/mol. The van der Waals surface area contributed by atoms with Crippen LogP contribution in [0.1, 0.15) is 33.6 Å². The number of rotatable bonds is 3. The molecule has 1 heterocycles. The molecule has 0 radical (unpaired) electrons. The van der Waals surface area contributed by atoms with Gasteiger partial charge in [0.15, 0.2) is 0 Å². The van der Waals surface area contributed by atoms with Crippen molar-refractivity contribution in [2.75, 3.05) is 19.6 Å². The third kappa shape index (κ3) is 4.08. The summed E-state index contributed by atoms with van der Waals surface area (Å²) < 4.78 is 0. The Bertz CT molecular complexity index is 198. The van der Waals surface area contributed by atoms with E-state index in [9.17, 15) is 4.79 Å². The summed E-state index contributed by atoms with van der Waals surface area (Å²) in [5, 5.41) is 5.77. The maximum absolute atomic E-state index is 11.3. The molecule has 2 amide bonds. The van der Waals surface area contributed by atoms with E-state index in [1.54, 1.807) is 0 Å². The highest BCUT2D eigenvalue weighted by Crippen LogP contribution is 2.12. The number of likely N-dealkylation sites (tertiary alicyclic amines) is 1. The fourth-order valence-corrected chi connectivity index (χ4v) is 1.96. The topological polar surface area (TPSA) is 44.4 Å². The standard InChI is InChI=1S/C11H23N3O/c1-4-12-11(15)13-10-5-7-14(8-6-10)9(2)3/h9-10H,4-8H2,1-3H3,(H2,12,13,15). The second-order valence-corrected chi connectivity index (χ2v) is 4.41. The Kier molecular flexibility index (Phi) is 4.88. The lowest BCUT2D eigenvalue weighted by Gasteiger charge is -2.34. The van der Waals surface area contributed by atoms with Crippen molar-refractivity contribution in [2.24, 2.45) is 0 Å². The van der Waals surface area contributed by atoms with E-state index in [2.05, 4.69) is 29.4 Å². The van der Waals surface area contributed by atoms with Crippen molar-refractivity contribution in [3.63, 3.8) is 0 Å². The average Bonchev–Trinajstić information content (AvgIpc) is 2.18. The predicted octanol–water partition coefficient (Wildman–Crippen LogP) is 1.18. The summed E-state index contributed by atoms with van der Waals surface area (Å²) in [5.41, 5.74) is 0. The molecule has 1 rings (SSSR count). The van der Waals surface area contributed by atoms with Gasteiger partial charge in [-0.3, -0.25) is 0 Å². The van der Waals surface area contributed by atoms with E-state index in [-0.39, 0.29) is 6.03 Å². The summed E-state index contributed by atoms with van der Waals surface area (Å²) in [5.74, 6) is 0. The van der Waals surface area contributed by atoms with Crippen LogP contribution in [-0.4, -0.2) is 42.6 Å². The van der Waals surface area contributed by atoms with E-state index in [1.807, 2.05) is 6.92 Å². The number of nitrogens with one attached hydrogen (secondary N) is 2. The Labute approximate surface area is 92.4 Å². The average molecular weight is 213 g/mol. The summed E-state index contributed by atoms with van der Waals surface area (Å²) in [6, 6.07) is 0.947. The molecule has 4 nitrogen and oxygen atoms in total. The lowest BCUT2D eigenvalue weighted by Crippen LogP contribution is -2.49.